The molecule has 3 rings (SSSR count). The lowest BCUT2D eigenvalue weighted by Gasteiger charge is -2.16. The first-order chi connectivity index (χ1) is 10.9. The van der Waals surface area contributed by atoms with Crippen molar-refractivity contribution in [2.75, 3.05) is 30.9 Å². The normalized spacial score (nSPS) is 15.3. The number of hydrogen-bond donors (Lipinski definition) is 1. The van der Waals surface area contributed by atoms with Crippen LogP contribution in [0.3, 0.4) is 0 Å². The molecule has 0 spiro atoms. The van der Waals surface area contributed by atoms with Crippen LogP contribution in [0.15, 0.2) is 11.4 Å². The van der Waals surface area contributed by atoms with Gasteiger partial charge in [-0.1, -0.05) is 0 Å². The molecule has 3 heterocycles. The van der Waals surface area contributed by atoms with Gasteiger partial charge in [-0.15, -0.1) is 0 Å². The van der Waals surface area contributed by atoms with Crippen LogP contribution in [0.1, 0.15) is 30.1 Å². The minimum absolute atomic E-state index is 0.231. The Morgan fingerprint density at radius 3 is 2.70 bits per heavy atom. The summed E-state index contributed by atoms with van der Waals surface area (Å²) in [5, 5.41) is -0.303. The summed E-state index contributed by atoms with van der Waals surface area (Å²) < 4.78 is 28.5. The van der Waals surface area contributed by atoms with Crippen molar-refractivity contribution >= 4 is 32.7 Å². The topological polar surface area (TPSA) is 105 Å². The zero-order valence-corrected chi connectivity index (χ0v) is 13.8. The zero-order chi connectivity index (χ0) is 16.6. The smallest absolute Gasteiger partial charge is 0.344 e. The summed E-state index contributed by atoms with van der Waals surface area (Å²) in [5.74, 6) is 0.106. The van der Waals surface area contributed by atoms with Crippen LogP contribution < -0.4 is 4.90 Å². The molecule has 0 aromatic carbocycles. The number of nitrogens with zero attached hydrogens (tertiary/aromatic N) is 3. The molecule has 1 fully saturated rings. The van der Waals surface area contributed by atoms with Gasteiger partial charge in [0.25, 0.3) is 0 Å². The number of hydrogen-bond acceptors (Lipinski definition) is 7. The first-order valence-electron chi connectivity index (χ1n) is 7.42. The van der Waals surface area contributed by atoms with E-state index in [1.165, 1.54) is 6.20 Å². The number of fused-ring (bicyclic) bond motifs is 1. The van der Waals surface area contributed by atoms with Crippen molar-refractivity contribution in [1.29, 1.82) is 0 Å². The number of aromatic amines is 1. The van der Waals surface area contributed by atoms with Crippen molar-refractivity contribution in [3.8, 4) is 0 Å². The van der Waals surface area contributed by atoms with E-state index in [1.54, 1.807) is 6.92 Å². The van der Waals surface area contributed by atoms with Gasteiger partial charge in [-0.05, 0) is 19.8 Å². The quantitative estimate of drug-likeness (QED) is 0.658. The predicted octanol–water partition coefficient (Wildman–Crippen LogP) is 1.14. The summed E-state index contributed by atoms with van der Waals surface area (Å²) >= 11 is 0. The molecule has 1 aliphatic rings. The van der Waals surface area contributed by atoms with Gasteiger partial charge in [0.05, 0.1) is 18.3 Å². The van der Waals surface area contributed by atoms with E-state index < -0.39 is 15.8 Å². The summed E-state index contributed by atoms with van der Waals surface area (Å²) in [7, 11) is -3.56. The number of sulfone groups is 1. The Kier molecular flexibility index (Phi) is 3.97. The Hall–Kier alpha value is -2.16. The molecule has 2 aromatic heterocycles. The molecule has 124 valence electrons. The molecule has 0 amide bonds. The maximum absolute atomic E-state index is 12.4. The van der Waals surface area contributed by atoms with Gasteiger partial charge < -0.3 is 14.6 Å². The van der Waals surface area contributed by atoms with Crippen molar-refractivity contribution in [2.24, 2.45) is 0 Å². The average Bonchev–Trinajstić information content (AvgIpc) is 3.12. The first kappa shape index (κ1) is 15.7. The summed E-state index contributed by atoms with van der Waals surface area (Å²) in [4.78, 5) is 25.5. The van der Waals surface area contributed by atoms with Gasteiger partial charge in [0, 0.05) is 19.3 Å². The fraction of sp³-hybridized carbons (Fsp3) is 0.500. The lowest BCUT2D eigenvalue weighted by molar-refractivity contribution is 0.0529. The highest BCUT2D eigenvalue weighted by atomic mass is 32.2. The monoisotopic (exact) mass is 338 g/mol. The van der Waals surface area contributed by atoms with Gasteiger partial charge in [0.1, 0.15) is 16.9 Å². The fourth-order valence-electron chi connectivity index (χ4n) is 2.70. The number of aromatic nitrogens is 3. The molecule has 0 radical (unpaired) electrons. The number of anilines is 1. The molecule has 9 heteroatoms. The van der Waals surface area contributed by atoms with Crippen molar-refractivity contribution in [3.63, 3.8) is 0 Å². The maximum Gasteiger partial charge on any atom is 0.344 e. The first-order valence-corrected chi connectivity index (χ1v) is 9.31. The number of carbonyl (C=O) groups excluding carboxylic acids is 1. The molecule has 0 unspecified atom stereocenters. The number of carbonyl (C=O) groups is 1. The van der Waals surface area contributed by atoms with Crippen molar-refractivity contribution in [3.05, 3.63) is 11.8 Å². The second-order valence-electron chi connectivity index (χ2n) is 5.45. The summed E-state index contributed by atoms with van der Waals surface area (Å²) in [6.45, 7) is 3.60. The van der Waals surface area contributed by atoms with Crippen LogP contribution in [0.25, 0.3) is 11.0 Å². The van der Waals surface area contributed by atoms with Gasteiger partial charge in [-0.25, -0.2) is 23.2 Å². The van der Waals surface area contributed by atoms with Gasteiger partial charge in [-0.3, -0.25) is 0 Å². The van der Waals surface area contributed by atoms with Crippen molar-refractivity contribution in [2.45, 2.75) is 24.9 Å². The highest BCUT2D eigenvalue weighted by Gasteiger charge is 2.27. The third-order valence-corrected chi connectivity index (χ3v) is 4.59. The van der Waals surface area contributed by atoms with E-state index >= 15 is 0 Å². The average molecular weight is 338 g/mol. The zero-order valence-electron chi connectivity index (χ0n) is 13.0. The van der Waals surface area contributed by atoms with Crippen LogP contribution in [0, 0.1) is 0 Å². The lowest BCUT2D eigenvalue weighted by atomic mass is 10.2. The van der Waals surface area contributed by atoms with Gasteiger partial charge in [-0.2, -0.15) is 0 Å². The number of esters is 1. The molecule has 1 aliphatic heterocycles. The molecule has 8 nitrogen and oxygen atoms in total. The minimum atomic E-state index is -3.56. The third-order valence-electron chi connectivity index (χ3n) is 3.73. The number of rotatable bonds is 4. The van der Waals surface area contributed by atoms with Crippen LogP contribution in [0.4, 0.5) is 5.82 Å². The Balaban J connectivity index is 2.22. The van der Waals surface area contributed by atoms with Gasteiger partial charge in [0.2, 0.25) is 15.0 Å². The second-order valence-corrected chi connectivity index (χ2v) is 7.36. The highest BCUT2D eigenvalue weighted by Crippen LogP contribution is 2.30. The van der Waals surface area contributed by atoms with Gasteiger partial charge in [0.15, 0.2) is 0 Å². The molecule has 0 atom stereocenters. The second kappa shape index (κ2) is 5.80. The van der Waals surface area contributed by atoms with E-state index in [-0.39, 0.29) is 22.8 Å². The lowest BCUT2D eigenvalue weighted by Crippen LogP contribution is -2.21. The molecule has 2 aromatic rings. The minimum Gasteiger partial charge on any atom is -0.462 e. The standard InChI is InChI=1S/C14H18N4O4S/c1-3-22-13(19)10-11-9(8-15-14(17-11)23(2,20)21)16-12(10)18-6-4-5-7-18/h8,16H,3-7H2,1-2H3. The fourth-order valence-corrected chi connectivity index (χ4v) is 3.20. The van der Waals surface area contributed by atoms with Crippen LogP contribution in [0.5, 0.6) is 0 Å². The number of H-pyrrole nitrogens is 1. The van der Waals surface area contributed by atoms with E-state index in [1.807, 2.05) is 4.90 Å². The van der Waals surface area contributed by atoms with Crippen LogP contribution in [-0.2, 0) is 14.6 Å². The largest absolute Gasteiger partial charge is 0.462 e. The summed E-state index contributed by atoms with van der Waals surface area (Å²) in [5.41, 5.74) is 1.07. The van der Waals surface area contributed by atoms with Crippen molar-refractivity contribution < 1.29 is 17.9 Å². The molecule has 0 saturated carbocycles. The van der Waals surface area contributed by atoms with Gasteiger partial charge >= 0.3 is 5.97 Å². The summed E-state index contributed by atoms with van der Waals surface area (Å²) in [6.07, 6.45) is 4.50. The Labute approximate surface area is 133 Å². The Morgan fingerprint density at radius 2 is 2.09 bits per heavy atom. The summed E-state index contributed by atoms with van der Waals surface area (Å²) in [6, 6.07) is 0. The molecular formula is C14H18N4O4S. The number of ether oxygens (including phenoxy) is 1. The van der Waals surface area contributed by atoms with Crippen molar-refractivity contribution in [1.82, 2.24) is 15.0 Å². The molecule has 1 saturated heterocycles. The molecular weight excluding hydrogens is 320 g/mol. The Bertz CT molecular complexity index is 853. The van der Waals surface area contributed by atoms with E-state index in [0.717, 1.165) is 32.2 Å². The van der Waals surface area contributed by atoms with E-state index in [4.69, 9.17) is 4.74 Å². The van der Waals surface area contributed by atoms with Crippen LogP contribution in [-0.4, -0.2) is 55.3 Å². The molecule has 0 bridgehead atoms. The predicted molar refractivity (Wildman–Crippen MR) is 84.4 cm³/mol. The van der Waals surface area contributed by atoms with Crippen LogP contribution in [0.2, 0.25) is 0 Å². The highest BCUT2D eigenvalue weighted by molar-refractivity contribution is 7.90. The third kappa shape index (κ3) is 2.88. The molecule has 23 heavy (non-hydrogen) atoms. The SMILES string of the molecule is CCOC(=O)c1c(N2CCCC2)[nH]c2cnc(S(C)(=O)=O)nc12. The number of nitrogens with one attached hydrogen (secondary N) is 1. The van der Waals surface area contributed by atoms with E-state index in [0.29, 0.717) is 11.3 Å². The Morgan fingerprint density at radius 1 is 1.39 bits per heavy atom. The molecule has 1 N–H and O–H groups in total. The maximum atomic E-state index is 12.4. The van der Waals surface area contributed by atoms with E-state index in [9.17, 15) is 13.2 Å². The van der Waals surface area contributed by atoms with Crippen LogP contribution >= 0.6 is 0 Å². The molecule has 0 aliphatic carbocycles. The van der Waals surface area contributed by atoms with E-state index in [2.05, 4.69) is 15.0 Å².